The number of benzene rings is 2. The maximum atomic E-state index is 13.2. The molecule has 0 bridgehead atoms. The molecule has 1 aliphatic rings. The summed E-state index contributed by atoms with van der Waals surface area (Å²) in [5.74, 6) is -1.66. The molecular weight excluding hydrogens is 442 g/mol. The monoisotopic (exact) mass is 461 g/mol. The Balaban J connectivity index is 1.68. The highest BCUT2D eigenvalue weighted by Crippen LogP contribution is 2.68. The number of nitrogens with one attached hydrogen (secondary N) is 1. The molecule has 1 heterocycles. The van der Waals surface area contributed by atoms with Crippen LogP contribution in [0.4, 0.5) is 0 Å². The Morgan fingerprint density at radius 1 is 1.03 bits per heavy atom. The maximum absolute atomic E-state index is 13.2. The van der Waals surface area contributed by atoms with Crippen LogP contribution in [0.15, 0.2) is 70.9 Å². The lowest BCUT2D eigenvalue weighted by atomic mass is 10.0. The van der Waals surface area contributed by atoms with Crippen LogP contribution in [0, 0.1) is 5.41 Å². The van der Waals surface area contributed by atoms with Crippen molar-refractivity contribution in [3.8, 4) is 10.4 Å². The summed E-state index contributed by atoms with van der Waals surface area (Å²) in [6, 6.07) is 19.4. The highest BCUT2D eigenvalue weighted by atomic mass is 35.5. The van der Waals surface area contributed by atoms with Crippen LogP contribution in [0.2, 0.25) is 5.02 Å². The molecule has 30 heavy (non-hydrogen) atoms. The fourth-order valence-corrected chi connectivity index (χ4v) is 7.15. The largest absolute Gasteiger partial charge is 0.480 e. The molecule has 2 aromatic carbocycles. The number of sulfonamides is 1. The van der Waals surface area contributed by atoms with Crippen LogP contribution in [-0.4, -0.2) is 25.0 Å². The Kier molecular flexibility index (Phi) is 5.05. The first-order valence-corrected chi connectivity index (χ1v) is 12.0. The number of hydrogen-bond acceptors (Lipinski definition) is 4. The predicted octanol–water partition coefficient (Wildman–Crippen LogP) is 4.99. The summed E-state index contributed by atoms with van der Waals surface area (Å²) in [5.41, 5.74) is -0.769. The Bertz CT molecular complexity index is 1200. The Labute approximate surface area is 184 Å². The van der Waals surface area contributed by atoms with Gasteiger partial charge in [-0.3, -0.25) is 4.79 Å². The number of carbonyl (C=O) groups is 1. The Hall–Kier alpha value is -2.19. The van der Waals surface area contributed by atoms with Crippen LogP contribution in [0.5, 0.6) is 0 Å². The molecule has 5 nitrogen and oxygen atoms in total. The summed E-state index contributed by atoms with van der Waals surface area (Å²) in [5, 5.41) is 10.6. The molecule has 0 aliphatic heterocycles. The fraction of sp³-hybridized carbons (Fsp3) is 0.227. The first kappa shape index (κ1) is 21.1. The number of thiophene rings is 1. The lowest BCUT2D eigenvalue weighted by Gasteiger charge is -2.17. The van der Waals surface area contributed by atoms with Gasteiger partial charge in [0, 0.05) is 21.2 Å². The summed E-state index contributed by atoms with van der Waals surface area (Å²) in [6.45, 7) is 3.55. The molecule has 1 aliphatic carbocycles. The quantitative estimate of drug-likeness (QED) is 0.541. The van der Waals surface area contributed by atoms with Crippen molar-refractivity contribution in [1.29, 1.82) is 0 Å². The molecule has 0 spiro atoms. The summed E-state index contributed by atoms with van der Waals surface area (Å²) >= 11 is 7.01. The van der Waals surface area contributed by atoms with Gasteiger partial charge in [-0.2, -0.15) is 4.72 Å². The number of carboxylic acids is 1. The molecule has 0 amide bonds. The standard InChI is InChI=1S/C22H20ClNO4S2/c1-21(2)19(15-6-4-3-5-7-15)22(21,20(25)26)24-30(27,28)18-13-12-17(29-18)14-8-10-16(23)11-9-14/h3-13,19,24H,1-2H3,(H,25,26). The van der Waals surface area contributed by atoms with Gasteiger partial charge in [0.15, 0.2) is 0 Å². The van der Waals surface area contributed by atoms with E-state index in [4.69, 9.17) is 11.6 Å². The molecule has 156 valence electrons. The third kappa shape index (κ3) is 3.26. The van der Waals surface area contributed by atoms with Gasteiger partial charge in [0.25, 0.3) is 10.0 Å². The SMILES string of the molecule is CC1(C)C(c2ccccc2)C1(NS(=O)(=O)c1ccc(-c2ccc(Cl)cc2)s1)C(=O)O. The molecule has 2 unspecified atom stereocenters. The van der Waals surface area contributed by atoms with E-state index in [0.717, 1.165) is 27.3 Å². The van der Waals surface area contributed by atoms with Crippen LogP contribution in [0.25, 0.3) is 10.4 Å². The van der Waals surface area contributed by atoms with Crippen LogP contribution in [0.3, 0.4) is 0 Å². The highest BCUT2D eigenvalue weighted by molar-refractivity contribution is 7.91. The number of hydrogen-bond donors (Lipinski definition) is 2. The van der Waals surface area contributed by atoms with Crippen molar-refractivity contribution in [2.24, 2.45) is 5.41 Å². The zero-order chi connectivity index (χ0) is 21.7. The van der Waals surface area contributed by atoms with Gasteiger partial charge in [-0.15, -0.1) is 11.3 Å². The van der Waals surface area contributed by atoms with Crippen molar-refractivity contribution < 1.29 is 18.3 Å². The van der Waals surface area contributed by atoms with Crippen molar-refractivity contribution in [2.75, 3.05) is 0 Å². The zero-order valence-corrected chi connectivity index (χ0v) is 18.7. The summed E-state index contributed by atoms with van der Waals surface area (Å²) < 4.78 is 28.9. The van der Waals surface area contributed by atoms with Crippen molar-refractivity contribution in [3.05, 3.63) is 77.3 Å². The number of aliphatic carboxylic acids is 1. The molecule has 3 aromatic rings. The number of carboxylic acid groups (broad SMARTS) is 1. The van der Waals surface area contributed by atoms with Crippen molar-refractivity contribution in [1.82, 2.24) is 4.72 Å². The second-order valence-electron chi connectivity index (χ2n) is 7.91. The van der Waals surface area contributed by atoms with Gasteiger partial charge >= 0.3 is 5.97 Å². The van der Waals surface area contributed by atoms with Gasteiger partial charge < -0.3 is 5.11 Å². The molecular formula is C22H20ClNO4S2. The van der Waals surface area contributed by atoms with E-state index in [0.29, 0.717) is 5.02 Å². The molecule has 4 rings (SSSR count). The van der Waals surface area contributed by atoms with Gasteiger partial charge in [-0.05, 0) is 35.4 Å². The van der Waals surface area contributed by atoms with Crippen LogP contribution >= 0.6 is 22.9 Å². The molecule has 8 heteroatoms. The van der Waals surface area contributed by atoms with E-state index in [1.165, 1.54) is 6.07 Å². The van der Waals surface area contributed by atoms with Gasteiger partial charge in [-0.1, -0.05) is 67.9 Å². The summed E-state index contributed by atoms with van der Waals surface area (Å²) in [7, 11) is -4.05. The first-order chi connectivity index (χ1) is 14.1. The van der Waals surface area contributed by atoms with E-state index < -0.39 is 32.9 Å². The van der Waals surface area contributed by atoms with E-state index in [2.05, 4.69) is 4.72 Å². The van der Waals surface area contributed by atoms with E-state index in [9.17, 15) is 18.3 Å². The number of halogens is 1. The topological polar surface area (TPSA) is 83.5 Å². The predicted molar refractivity (Wildman–Crippen MR) is 118 cm³/mol. The van der Waals surface area contributed by atoms with Crippen molar-refractivity contribution in [2.45, 2.75) is 29.5 Å². The van der Waals surface area contributed by atoms with Gasteiger partial charge in [0.1, 0.15) is 9.75 Å². The molecule has 0 saturated heterocycles. The normalized spacial score (nSPS) is 22.6. The average Bonchev–Trinajstić information content (AvgIpc) is 3.01. The first-order valence-electron chi connectivity index (χ1n) is 9.28. The molecule has 0 radical (unpaired) electrons. The van der Waals surface area contributed by atoms with Crippen molar-refractivity contribution >= 4 is 38.9 Å². The smallest absolute Gasteiger partial charge is 0.326 e. The van der Waals surface area contributed by atoms with E-state index in [-0.39, 0.29) is 4.21 Å². The molecule has 2 atom stereocenters. The minimum Gasteiger partial charge on any atom is -0.480 e. The zero-order valence-electron chi connectivity index (χ0n) is 16.3. The molecule has 1 saturated carbocycles. The minimum absolute atomic E-state index is 0.0718. The summed E-state index contributed by atoms with van der Waals surface area (Å²) in [6.07, 6.45) is 0. The van der Waals surface area contributed by atoms with E-state index >= 15 is 0 Å². The van der Waals surface area contributed by atoms with Crippen LogP contribution < -0.4 is 4.72 Å². The number of rotatable bonds is 6. The molecule has 2 N–H and O–H groups in total. The average molecular weight is 462 g/mol. The van der Waals surface area contributed by atoms with Crippen molar-refractivity contribution in [3.63, 3.8) is 0 Å². The summed E-state index contributed by atoms with van der Waals surface area (Å²) in [4.78, 5) is 13.1. The third-order valence-corrected chi connectivity index (χ3v) is 9.17. The Morgan fingerprint density at radius 2 is 1.67 bits per heavy atom. The lowest BCUT2D eigenvalue weighted by Crippen LogP contribution is -2.47. The lowest BCUT2D eigenvalue weighted by molar-refractivity contribution is -0.141. The molecule has 1 aromatic heterocycles. The van der Waals surface area contributed by atoms with Gasteiger partial charge in [0.2, 0.25) is 0 Å². The highest BCUT2D eigenvalue weighted by Gasteiger charge is 2.78. The van der Waals surface area contributed by atoms with Gasteiger partial charge in [-0.25, -0.2) is 8.42 Å². The minimum atomic E-state index is -4.05. The Morgan fingerprint density at radius 3 is 2.27 bits per heavy atom. The van der Waals surface area contributed by atoms with E-state index in [1.807, 2.05) is 42.5 Å². The second-order valence-corrected chi connectivity index (χ2v) is 11.3. The maximum Gasteiger partial charge on any atom is 0.326 e. The van der Waals surface area contributed by atoms with E-state index in [1.54, 1.807) is 32.0 Å². The fourth-order valence-electron chi connectivity index (χ4n) is 4.20. The second kappa shape index (κ2) is 7.20. The third-order valence-electron chi connectivity index (χ3n) is 5.83. The molecule has 1 fully saturated rings. The van der Waals surface area contributed by atoms with Crippen LogP contribution in [-0.2, 0) is 14.8 Å². The van der Waals surface area contributed by atoms with Crippen LogP contribution in [0.1, 0.15) is 25.3 Å². The van der Waals surface area contributed by atoms with Gasteiger partial charge in [0.05, 0.1) is 0 Å².